The fourth-order valence-corrected chi connectivity index (χ4v) is 2.02. The molecular weight excluding hydrogens is 224 g/mol. The smallest absolute Gasteiger partial charge is 0.326 e. The number of carboxylic acids is 1. The van der Waals surface area contributed by atoms with Crippen LogP contribution in [0.25, 0.3) is 0 Å². The molecule has 0 aromatic rings. The predicted octanol–water partition coefficient (Wildman–Crippen LogP) is 0.670. The summed E-state index contributed by atoms with van der Waals surface area (Å²) >= 11 is 0. The van der Waals surface area contributed by atoms with Gasteiger partial charge in [-0.3, -0.25) is 0 Å². The molecule has 1 atom stereocenters. The van der Waals surface area contributed by atoms with Gasteiger partial charge in [0.25, 0.3) is 0 Å². The van der Waals surface area contributed by atoms with E-state index < -0.39 is 17.6 Å². The topological polar surface area (TPSA) is 78.9 Å². The van der Waals surface area contributed by atoms with Crippen molar-refractivity contribution in [3.05, 3.63) is 0 Å². The molecule has 1 aliphatic heterocycles. The van der Waals surface area contributed by atoms with Gasteiger partial charge in [-0.25, -0.2) is 9.59 Å². The lowest BCUT2D eigenvalue weighted by Gasteiger charge is -2.30. The van der Waals surface area contributed by atoms with Gasteiger partial charge >= 0.3 is 12.0 Å². The molecule has 1 rings (SSSR count). The summed E-state index contributed by atoms with van der Waals surface area (Å²) in [6.45, 7) is 4.54. The van der Waals surface area contributed by atoms with Crippen molar-refractivity contribution >= 4 is 12.0 Å². The van der Waals surface area contributed by atoms with Crippen LogP contribution in [0, 0.1) is 0 Å². The van der Waals surface area contributed by atoms with Crippen LogP contribution < -0.4 is 5.32 Å². The Labute approximate surface area is 101 Å². The summed E-state index contributed by atoms with van der Waals surface area (Å²) < 4.78 is 4.99. The minimum atomic E-state index is -0.942. The third-order valence-corrected chi connectivity index (χ3v) is 2.75. The first-order chi connectivity index (χ1) is 7.87. The Morgan fingerprint density at radius 2 is 2.18 bits per heavy atom. The quantitative estimate of drug-likeness (QED) is 0.762. The molecule has 6 heteroatoms. The number of methoxy groups -OCH3 is 1. The van der Waals surface area contributed by atoms with Crippen LogP contribution in [0.3, 0.4) is 0 Å². The van der Waals surface area contributed by atoms with Crippen LogP contribution in [0.2, 0.25) is 0 Å². The number of carboxylic acid groups (broad SMARTS) is 1. The van der Waals surface area contributed by atoms with E-state index in [1.165, 1.54) is 4.90 Å². The average molecular weight is 244 g/mol. The van der Waals surface area contributed by atoms with Crippen molar-refractivity contribution in [2.24, 2.45) is 0 Å². The molecule has 17 heavy (non-hydrogen) atoms. The second-order valence-corrected chi connectivity index (χ2v) is 4.94. The third kappa shape index (κ3) is 3.59. The zero-order valence-electron chi connectivity index (χ0n) is 10.5. The highest BCUT2D eigenvalue weighted by Crippen LogP contribution is 2.18. The van der Waals surface area contributed by atoms with E-state index in [0.717, 1.165) is 6.42 Å². The fraction of sp³-hybridized carbons (Fsp3) is 0.818. The average Bonchev–Trinajstić information content (AvgIpc) is 2.64. The normalized spacial score (nSPS) is 20.4. The first-order valence-electron chi connectivity index (χ1n) is 5.68. The lowest BCUT2D eigenvalue weighted by atomic mass is 10.1. The van der Waals surface area contributed by atoms with Gasteiger partial charge in [-0.05, 0) is 26.7 Å². The number of hydrogen-bond donors (Lipinski definition) is 2. The van der Waals surface area contributed by atoms with E-state index in [-0.39, 0.29) is 6.03 Å². The van der Waals surface area contributed by atoms with Crippen molar-refractivity contribution in [2.75, 3.05) is 20.3 Å². The summed E-state index contributed by atoms with van der Waals surface area (Å²) in [4.78, 5) is 24.3. The number of carbonyl (C=O) groups is 2. The van der Waals surface area contributed by atoms with Crippen LogP contribution in [0.1, 0.15) is 26.7 Å². The van der Waals surface area contributed by atoms with E-state index in [1.54, 1.807) is 7.11 Å². The van der Waals surface area contributed by atoms with E-state index in [0.29, 0.717) is 19.6 Å². The summed E-state index contributed by atoms with van der Waals surface area (Å²) in [5.41, 5.74) is -0.503. The number of urea groups is 1. The van der Waals surface area contributed by atoms with Gasteiger partial charge in [-0.1, -0.05) is 0 Å². The number of aliphatic carboxylic acids is 1. The largest absolute Gasteiger partial charge is 0.480 e. The minimum Gasteiger partial charge on any atom is -0.480 e. The molecule has 0 aromatic carbocycles. The number of likely N-dealkylation sites (tertiary alicyclic amines) is 1. The van der Waals surface area contributed by atoms with Gasteiger partial charge in [0.05, 0.1) is 12.1 Å². The lowest BCUT2D eigenvalue weighted by Crippen LogP contribution is -2.54. The molecule has 2 N–H and O–H groups in total. The molecule has 1 heterocycles. The molecule has 2 amide bonds. The maximum atomic E-state index is 11.9. The number of hydrogen-bond acceptors (Lipinski definition) is 3. The van der Waals surface area contributed by atoms with E-state index in [2.05, 4.69) is 5.32 Å². The van der Waals surface area contributed by atoms with Gasteiger partial charge in [0.1, 0.15) is 6.04 Å². The molecule has 0 spiro atoms. The van der Waals surface area contributed by atoms with Crippen molar-refractivity contribution in [2.45, 2.75) is 38.3 Å². The SMILES string of the molecule is COCC(C)(C)NC(=O)N1CCC[C@@H]1C(=O)O. The number of nitrogens with one attached hydrogen (secondary N) is 1. The van der Waals surface area contributed by atoms with E-state index in [9.17, 15) is 9.59 Å². The standard InChI is InChI=1S/C11H20N2O4/c1-11(2,7-17-3)12-10(16)13-6-4-5-8(13)9(14)15/h8H,4-7H2,1-3H3,(H,12,16)(H,14,15)/t8-/m1/s1. The van der Waals surface area contributed by atoms with Crippen molar-refractivity contribution in [3.63, 3.8) is 0 Å². The van der Waals surface area contributed by atoms with Gasteiger partial charge in [0, 0.05) is 13.7 Å². The molecule has 0 saturated carbocycles. The summed E-state index contributed by atoms with van der Waals surface area (Å²) in [6, 6.07) is -1.04. The number of ether oxygens (including phenoxy) is 1. The highest BCUT2D eigenvalue weighted by molar-refractivity contribution is 5.83. The molecule has 0 radical (unpaired) electrons. The Hall–Kier alpha value is -1.30. The van der Waals surface area contributed by atoms with Gasteiger partial charge in [0.15, 0.2) is 0 Å². The van der Waals surface area contributed by atoms with Crippen LogP contribution in [-0.4, -0.2) is 53.8 Å². The molecule has 98 valence electrons. The van der Waals surface area contributed by atoms with Crippen molar-refractivity contribution in [3.8, 4) is 0 Å². The third-order valence-electron chi connectivity index (χ3n) is 2.75. The summed E-state index contributed by atoms with van der Waals surface area (Å²) in [5.74, 6) is -0.942. The summed E-state index contributed by atoms with van der Waals surface area (Å²) in [6.07, 6.45) is 1.25. The van der Waals surface area contributed by atoms with E-state index in [1.807, 2.05) is 13.8 Å². The zero-order chi connectivity index (χ0) is 13.1. The van der Waals surface area contributed by atoms with Gasteiger partial charge < -0.3 is 20.1 Å². The monoisotopic (exact) mass is 244 g/mol. The van der Waals surface area contributed by atoms with Gasteiger partial charge in [-0.2, -0.15) is 0 Å². The van der Waals surface area contributed by atoms with Crippen molar-refractivity contribution < 1.29 is 19.4 Å². The highest BCUT2D eigenvalue weighted by Gasteiger charge is 2.35. The zero-order valence-corrected chi connectivity index (χ0v) is 10.5. The minimum absolute atomic E-state index is 0.336. The Morgan fingerprint density at radius 1 is 1.53 bits per heavy atom. The molecule has 0 aromatic heterocycles. The maximum Gasteiger partial charge on any atom is 0.326 e. The van der Waals surface area contributed by atoms with Gasteiger partial charge in [0.2, 0.25) is 0 Å². The molecule has 0 aliphatic carbocycles. The van der Waals surface area contributed by atoms with Crippen LogP contribution in [-0.2, 0) is 9.53 Å². The Kier molecular flexibility index (Phi) is 4.34. The van der Waals surface area contributed by atoms with Crippen molar-refractivity contribution in [1.29, 1.82) is 0 Å². The second-order valence-electron chi connectivity index (χ2n) is 4.94. The summed E-state index contributed by atoms with van der Waals surface area (Å²) in [7, 11) is 1.56. The highest BCUT2D eigenvalue weighted by atomic mass is 16.5. The lowest BCUT2D eigenvalue weighted by molar-refractivity contribution is -0.141. The molecule has 6 nitrogen and oxygen atoms in total. The molecule has 1 saturated heterocycles. The number of nitrogens with zero attached hydrogens (tertiary/aromatic N) is 1. The van der Waals surface area contributed by atoms with Crippen LogP contribution in [0.15, 0.2) is 0 Å². The second kappa shape index (κ2) is 5.35. The van der Waals surface area contributed by atoms with E-state index >= 15 is 0 Å². The first kappa shape index (κ1) is 13.8. The maximum absolute atomic E-state index is 11.9. The van der Waals surface area contributed by atoms with Crippen molar-refractivity contribution in [1.82, 2.24) is 10.2 Å². The summed E-state index contributed by atoms with van der Waals surface area (Å²) in [5, 5.41) is 11.8. The molecule has 1 aliphatic rings. The van der Waals surface area contributed by atoms with Gasteiger partial charge in [-0.15, -0.1) is 0 Å². The van der Waals surface area contributed by atoms with Crippen LogP contribution in [0.5, 0.6) is 0 Å². The fourth-order valence-electron chi connectivity index (χ4n) is 2.02. The van der Waals surface area contributed by atoms with Crippen LogP contribution >= 0.6 is 0 Å². The Balaban J connectivity index is 2.61. The molecule has 0 unspecified atom stereocenters. The number of amides is 2. The van der Waals surface area contributed by atoms with E-state index in [4.69, 9.17) is 9.84 Å². The number of rotatable bonds is 4. The molecule has 1 fully saturated rings. The Bertz CT molecular complexity index is 304. The number of carbonyl (C=O) groups excluding carboxylic acids is 1. The molecular formula is C11H20N2O4. The predicted molar refractivity (Wildman–Crippen MR) is 61.9 cm³/mol. The first-order valence-corrected chi connectivity index (χ1v) is 5.68. The van der Waals surface area contributed by atoms with Crippen LogP contribution in [0.4, 0.5) is 4.79 Å². The Morgan fingerprint density at radius 3 is 2.71 bits per heavy atom. The molecule has 0 bridgehead atoms.